The third-order valence-corrected chi connectivity index (χ3v) is 2.23. The first-order valence-electron chi connectivity index (χ1n) is 3.98. The van der Waals surface area contributed by atoms with Gasteiger partial charge in [0.05, 0.1) is 6.04 Å². The number of aliphatic hydroxyl groups is 1. The van der Waals surface area contributed by atoms with Gasteiger partial charge in [0.1, 0.15) is 6.10 Å². The van der Waals surface area contributed by atoms with Crippen LogP contribution >= 0.6 is 15.9 Å². The van der Waals surface area contributed by atoms with Crippen LogP contribution in [0.2, 0.25) is 0 Å². The summed E-state index contributed by atoms with van der Waals surface area (Å²) < 4.78 is 2.37. The molecular weight excluding hydrogens is 222 g/mol. The molecule has 0 bridgehead atoms. The minimum Gasteiger partial charge on any atom is -0.385 e. The zero-order chi connectivity index (χ0) is 8.72. The number of nitrogens with zero attached hydrogens (tertiary/aromatic N) is 3. The molecule has 1 N–H and O–H groups in total. The van der Waals surface area contributed by atoms with Crippen molar-refractivity contribution in [2.75, 3.05) is 0 Å². The molecule has 66 valence electrons. The maximum Gasteiger partial charge on any atom is 0.217 e. The van der Waals surface area contributed by atoms with E-state index in [4.69, 9.17) is 0 Å². The molecule has 1 aliphatic rings. The molecule has 1 aliphatic carbocycles. The highest BCUT2D eigenvalue weighted by molar-refractivity contribution is 9.10. The highest BCUT2D eigenvalue weighted by Gasteiger charge is 2.29. The highest BCUT2D eigenvalue weighted by Crippen LogP contribution is 2.36. The van der Waals surface area contributed by atoms with E-state index in [1.807, 2.05) is 4.68 Å². The molecule has 0 unspecified atom stereocenters. The van der Waals surface area contributed by atoms with Gasteiger partial charge in [0.25, 0.3) is 0 Å². The van der Waals surface area contributed by atoms with Crippen molar-refractivity contribution in [3.63, 3.8) is 0 Å². The second kappa shape index (κ2) is 2.81. The van der Waals surface area contributed by atoms with Crippen LogP contribution in [0.1, 0.15) is 37.7 Å². The van der Waals surface area contributed by atoms with Gasteiger partial charge in [-0.15, -0.1) is 5.10 Å². The van der Waals surface area contributed by atoms with Gasteiger partial charge in [0.2, 0.25) is 4.73 Å². The molecule has 1 heterocycles. The van der Waals surface area contributed by atoms with E-state index in [0.717, 1.165) is 12.8 Å². The standard InChI is InChI=1S/C7H10BrN3O/c1-4(12)6-9-7(8)10-11(6)5-2-3-5/h4-5,12H,2-3H2,1H3/t4-/m0/s1. The molecule has 4 nitrogen and oxygen atoms in total. The Morgan fingerprint density at radius 2 is 2.33 bits per heavy atom. The van der Waals surface area contributed by atoms with Crippen molar-refractivity contribution in [2.24, 2.45) is 0 Å². The zero-order valence-corrected chi connectivity index (χ0v) is 8.32. The topological polar surface area (TPSA) is 50.9 Å². The monoisotopic (exact) mass is 231 g/mol. The van der Waals surface area contributed by atoms with Gasteiger partial charge in [-0.25, -0.2) is 9.67 Å². The number of hydrogen-bond donors (Lipinski definition) is 1. The Kier molecular flexibility index (Phi) is 1.92. The van der Waals surface area contributed by atoms with E-state index in [2.05, 4.69) is 26.0 Å². The van der Waals surface area contributed by atoms with Crippen molar-refractivity contribution >= 4 is 15.9 Å². The molecule has 1 aromatic rings. The van der Waals surface area contributed by atoms with E-state index in [9.17, 15) is 5.11 Å². The number of aliphatic hydroxyl groups excluding tert-OH is 1. The van der Waals surface area contributed by atoms with Crippen LogP contribution in [0.3, 0.4) is 0 Å². The van der Waals surface area contributed by atoms with Crippen LogP contribution in [0.4, 0.5) is 0 Å². The first-order valence-corrected chi connectivity index (χ1v) is 4.78. The number of rotatable bonds is 2. The minimum atomic E-state index is -0.538. The van der Waals surface area contributed by atoms with Gasteiger partial charge in [-0.05, 0) is 35.7 Å². The molecule has 1 saturated carbocycles. The predicted molar refractivity (Wildman–Crippen MR) is 46.6 cm³/mol. The summed E-state index contributed by atoms with van der Waals surface area (Å²) in [5, 5.41) is 13.5. The maximum atomic E-state index is 9.35. The van der Waals surface area contributed by atoms with Gasteiger partial charge < -0.3 is 5.11 Å². The number of hydrogen-bond acceptors (Lipinski definition) is 3. The molecule has 0 aromatic carbocycles. The molecular formula is C7H10BrN3O. The zero-order valence-electron chi connectivity index (χ0n) is 6.74. The summed E-state index contributed by atoms with van der Waals surface area (Å²) in [6.07, 6.45) is 1.76. The van der Waals surface area contributed by atoms with Gasteiger partial charge in [0, 0.05) is 0 Å². The Balaban J connectivity index is 2.36. The van der Waals surface area contributed by atoms with Crippen molar-refractivity contribution in [3.8, 4) is 0 Å². The van der Waals surface area contributed by atoms with Crippen LogP contribution in [0.25, 0.3) is 0 Å². The summed E-state index contributed by atoms with van der Waals surface area (Å²) >= 11 is 3.19. The van der Waals surface area contributed by atoms with Crippen LogP contribution in [0, 0.1) is 0 Å². The number of aromatic nitrogens is 3. The quantitative estimate of drug-likeness (QED) is 0.839. The van der Waals surface area contributed by atoms with Crippen molar-refractivity contribution in [3.05, 3.63) is 10.6 Å². The van der Waals surface area contributed by atoms with Crippen molar-refractivity contribution in [1.29, 1.82) is 0 Å². The Bertz CT molecular complexity index is 273. The summed E-state index contributed by atoms with van der Waals surface area (Å²) in [7, 11) is 0. The molecule has 0 aliphatic heterocycles. The van der Waals surface area contributed by atoms with Gasteiger partial charge in [0.15, 0.2) is 5.82 Å². The van der Waals surface area contributed by atoms with E-state index in [1.165, 1.54) is 0 Å². The lowest BCUT2D eigenvalue weighted by Gasteiger charge is -2.04. The molecule has 0 saturated heterocycles. The fourth-order valence-corrected chi connectivity index (χ4v) is 1.53. The molecule has 0 spiro atoms. The Labute approximate surface area is 78.7 Å². The third-order valence-electron chi connectivity index (χ3n) is 1.90. The van der Waals surface area contributed by atoms with Crippen molar-refractivity contribution < 1.29 is 5.11 Å². The second-order valence-corrected chi connectivity index (χ2v) is 3.80. The summed E-state index contributed by atoms with van der Waals surface area (Å²) in [4.78, 5) is 4.09. The van der Waals surface area contributed by atoms with Crippen molar-refractivity contribution in [2.45, 2.75) is 31.9 Å². The van der Waals surface area contributed by atoms with E-state index in [1.54, 1.807) is 6.92 Å². The van der Waals surface area contributed by atoms with Crippen LogP contribution in [0.5, 0.6) is 0 Å². The summed E-state index contributed by atoms with van der Waals surface area (Å²) in [5.41, 5.74) is 0. The Hall–Kier alpha value is -0.420. The maximum absolute atomic E-state index is 9.35. The second-order valence-electron chi connectivity index (χ2n) is 3.09. The molecule has 12 heavy (non-hydrogen) atoms. The lowest BCUT2D eigenvalue weighted by atomic mass is 10.4. The van der Waals surface area contributed by atoms with Crippen LogP contribution in [-0.2, 0) is 0 Å². The fourth-order valence-electron chi connectivity index (χ4n) is 1.18. The largest absolute Gasteiger partial charge is 0.385 e. The van der Waals surface area contributed by atoms with Crippen LogP contribution < -0.4 is 0 Å². The number of halogens is 1. The van der Waals surface area contributed by atoms with E-state index in [-0.39, 0.29) is 0 Å². The molecule has 1 aromatic heterocycles. The average Bonchev–Trinajstić information content (AvgIpc) is 2.75. The SMILES string of the molecule is C[C@H](O)c1nc(Br)nn1C1CC1. The Morgan fingerprint density at radius 1 is 1.67 bits per heavy atom. The molecule has 2 rings (SSSR count). The highest BCUT2D eigenvalue weighted by atomic mass is 79.9. The van der Waals surface area contributed by atoms with E-state index >= 15 is 0 Å². The van der Waals surface area contributed by atoms with Crippen molar-refractivity contribution in [1.82, 2.24) is 14.8 Å². The smallest absolute Gasteiger partial charge is 0.217 e. The molecule has 1 atom stereocenters. The first kappa shape index (κ1) is 8.19. The van der Waals surface area contributed by atoms with Gasteiger partial charge >= 0.3 is 0 Å². The summed E-state index contributed by atoms with van der Waals surface area (Å²) in [6, 6.07) is 0.466. The summed E-state index contributed by atoms with van der Waals surface area (Å²) in [5.74, 6) is 0.657. The molecule has 5 heteroatoms. The normalized spacial score (nSPS) is 19.6. The average molecular weight is 232 g/mol. The lowest BCUT2D eigenvalue weighted by Crippen LogP contribution is -2.06. The van der Waals surface area contributed by atoms with E-state index in [0.29, 0.717) is 16.6 Å². The van der Waals surface area contributed by atoms with Gasteiger partial charge in [-0.3, -0.25) is 0 Å². The molecule has 0 radical (unpaired) electrons. The fraction of sp³-hybridized carbons (Fsp3) is 0.714. The molecule has 0 amide bonds. The summed E-state index contributed by atoms with van der Waals surface area (Å²) in [6.45, 7) is 1.70. The minimum absolute atomic E-state index is 0.466. The Morgan fingerprint density at radius 3 is 2.83 bits per heavy atom. The third kappa shape index (κ3) is 1.38. The van der Waals surface area contributed by atoms with Gasteiger partial charge in [-0.2, -0.15) is 0 Å². The van der Waals surface area contributed by atoms with Crippen LogP contribution in [-0.4, -0.2) is 19.9 Å². The van der Waals surface area contributed by atoms with Gasteiger partial charge in [-0.1, -0.05) is 0 Å². The first-order chi connectivity index (χ1) is 5.68. The predicted octanol–water partition coefficient (Wildman–Crippen LogP) is 1.43. The van der Waals surface area contributed by atoms with Crippen LogP contribution in [0.15, 0.2) is 4.73 Å². The van der Waals surface area contributed by atoms with E-state index < -0.39 is 6.10 Å². The lowest BCUT2D eigenvalue weighted by molar-refractivity contribution is 0.181. The molecule has 1 fully saturated rings.